The van der Waals surface area contributed by atoms with Gasteiger partial charge < -0.3 is 43.2 Å². The first kappa shape index (κ1) is 43.0. The summed E-state index contributed by atoms with van der Waals surface area (Å²) in [5, 5.41) is 5.68. The second-order valence-electron chi connectivity index (χ2n) is 11.9. The molecule has 6 atom stereocenters. The molecular formula is C31H50N4O14. The third kappa shape index (κ3) is 16.3. The lowest BCUT2D eigenvalue weighted by atomic mass is 9.81. The van der Waals surface area contributed by atoms with E-state index in [9.17, 15) is 28.8 Å². The van der Waals surface area contributed by atoms with Crippen molar-refractivity contribution < 1.29 is 66.7 Å². The van der Waals surface area contributed by atoms with E-state index in [4.69, 9.17) is 43.4 Å². The summed E-state index contributed by atoms with van der Waals surface area (Å²) in [5.41, 5.74) is 7.55. The highest BCUT2D eigenvalue weighted by molar-refractivity contribution is 5.80. The van der Waals surface area contributed by atoms with Crippen LogP contribution in [0.25, 0.3) is 10.4 Å². The van der Waals surface area contributed by atoms with Crippen LogP contribution in [0, 0.1) is 11.3 Å². The van der Waals surface area contributed by atoms with E-state index in [0.29, 0.717) is 39.1 Å². The molecule has 18 nitrogen and oxygen atoms in total. The molecule has 1 saturated heterocycles. The third-order valence-corrected chi connectivity index (χ3v) is 7.12. The number of methoxy groups -OCH3 is 1. The number of nitrogens with zero attached hydrogens (tertiary/aromatic N) is 3. The zero-order valence-corrected chi connectivity index (χ0v) is 29.3. The van der Waals surface area contributed by atoms with Gasteiger partial charge in [0.2, 0.25) is 12.2 Å². The van der Waals surface area contributed by atoms with Crippen molar-refractivity contribution >= 4 is 35.8 Å². The fourth-order valence-electron chi connectivity index (χ4n) is 4.97. The fourth-order valence-corrected chi connectivity index (χ4v) is 4.97. The van der Waals surface area contributed by atoms with E-state index in [2.05, 4.69) is 15.3 Å². The van der Waals surface area contributed by atoms with Gasteiger partial charge in [-0.2, -0.15) is 0 Å². The standard InChI is InChI=1S/C31H50N4O14/c1-8-11-22(16-31(5,6)30(41)44-15-10-14-43-13-9-12-42-7)28(40)49-29-25(34-24(39)17-33-35-32)27(47-21(4)38)26(46-20(3)37)23(48-29)18-45-19(2)36/h22-23,25-27,29H,8-18H2,1-7H3,(H,34,39)/t22?,23?,25?,26-,27-,29+/m1/s1. The Morgan fingerprint density at radius 2 is 1.53 bits per heavy atom. The van der Waals surface area contributed by atoms with Crippen LogP contribution in [0.3, 0.4) is 0 Å². The van der Waals surface area contributed by atoms with Gasteiger partial charge in [-0.15, -0.1) is 0 Å². The molecule has 0 aliphatic carbocycles. The maximum atomic E-state index is 13.7. The molecule has 0 aromatic heterocycles. The van der Waals surface area contributed by atoms with E-state index in [1.807, 2.05) is 6.92 Å². The highest BCUT2D eigenvalue weighted by Gasteiger charge is 2.53. The SMILES string of the molecule is CCCC(CC(C)(C)C(=O)OCCCOCCCOC)C(=O)O[C@@H]1OC(COC(C)=O)[C@@H](OC(C)=O)[C@H](OC(C)=O)C1NC(=O)CN=[N+]=[N-]. The van der Waals surface area contributed by atoms with Crippen LogP contribution in [0.5, 0.6) is 0 Å². The summed E-state index contributed by atoms with van der Waals surface area (Å²) >= 11 is 0. The predicted molar refractivity (Wildman–Crippen MR) is 168 cm³/mol. The van der Waals surface area contributed by atoms with Gasteiger partial charge >= 0.3 is 29.8 Å². The normalized spacial score (nSPS) is 20.9. The lowest BCUT2D eigenvalue weighted by Gasteiger charge is -2.44. The Kier molecular flexibility index (Phi) is 19.9. The molecule has 1 amide bonds. The Balaban J connectivity index is 3.26. The van der Waals surface area contributed by atoms with E-state index in [1.165, 1.54) is 0 Å². The summed E-state index contributed by atoms with van der Waals surface area (Å²) < 4.78 is 43.5. The van der Waals surface area contributed by atoms with Crippen LogP contribution in [0.2, 0.25) is 0 Å². The third-order valence-electron chi connectivity index (χ3n) is 7.12. The summed E-state index contributed by atoms with van der Waals surface area (Å²) in [4.78, 5) is 77.9. The van der Waals surface area contributed by atoms with Gasteiger partial charge in [0.25, 0.3) is 0 Å². The monoisotopic (exact) mass is 702 g/mol. The number of carbonyl (C=O) groups excluding carboxylic acids is 6. The Labute approximate surface area is 285 Å². The topological polar surface area (TPSA) is 237 Å². The second-order valence-corrected chi connectivity index (χ2v) is 11.9. The molecule has 1 N–H and O–H groups in total. The fraction of sp³-hybridized carbons (Fsp3) is 0.806. The van der Waals surface area contributed by atoms with Gasteiger partial charge in [0, 0.05) is 59.0 Å². The molecule has 0 aromatic carbocycles. The number of carbonyl (C=O) groups is 6. The quantitative estimate of drug-likeness (QED) is 0.0426. The molecule has 1 aliphatic heterocycles. The number of amides is 1. The largest absolute Gasteiger partial charge is 0.465 e. The van der Waals surface area contributed by atoms with Crippen molar-refractivity contribution in [1.29, 1.82) is 0 Å². The van der Waals surface area contributed by atoms with Crippen LogP contribution in [0.4, 0.5) is 0 Å². The Hall–Kier alpha value is -3.99. The minimum atomic E-state index is -1.68. The van der Waals surface area contributed by atoms with Crippen LogP contribution in [-0.4, -0.2) is 113 Å². The maximum absolute atomic E-state index is 13.7. The number of nitrogens with one attached hydrogen (secondary N) is 1. The van der Waals surface area contributed by atoms with E-state index in [1.54, 1.807) is 21.0 Å². The van der Waals surface area contributed by atoms with E-state index >= 15 is 0 Å². The van der Waals surface area contributed by atoms with Crippen molar-refractivity contribution in [3.63, 3.8) is 0 Å². The molecular weight excluding hydrogens is 652 g/mol. The maximum Gasteiger partial charge on any atom is 0.311 e. The van der Waals surface area contributed by atoms with Gasteiger partial charge in [-0.05, 0) is 38.6 Å². The minimum absolute atomic E-state index is 0.0208. The van der Waals surface area contributed by atoms with Crippen LogP contribution >= 0.6 is 0 Å². The molecule has 1 fully saturated rings. The molecule has 1 rings (SSSR count). The van der Waals surface area contributed by atoms with Gasteiger partial charge in [0.15, 0.2) is 12.2 Å². The van der Waals surface area contributed by atoms with Gasteiger partial charge in [-0.1, -0.05) is 18.5 Å². The van der Waals surface area contributed by atoms with Gasteiger partial charge in [0.1, 0.15) is 25.3 Å². The highest BCUT2D eigenvalue weighted by atomic mass is 16.7. The van der Waals surface area contributed by atoms with E-state index < -0.39 is 90.9 Å². The molecule has 0 radical (unpaired) electrons. The molecule has 3 unspecified atom stereocenters. The Morgan fingerprint density at radius 3 is 2.10 bits per heavy atom. The molecule has 0 aromatic rings. The van der Waals surface area contributed by atoms with Crippen molar-refractivity contribution in [1.82, 2.24) is 5.32 Å². The van der Waals surface area contributed by atoms with Gasteiger partial charge in [-0.25, -0.2) is 0 Å². The van der Waals surface area contributed by atoms with Crippen molar-refractivity contribution in [2.24, 2.45) is 16.4 Å². The summed E-state index contributed by atoms with van der Waals surface area (Å²) in [6, 6.07) is -1.48. The number of ether oxygens (including phenoxy) is 8. The zero-order chi connectivity index (χ0) is 37.0. The number of hydrogen-bond acceptors (Lipinski definition) is 15. The van der Waals surface area contributed by atoms with Crippen molar-refractivity contribution in [3.05, 3.63) is 10.4 Å². The lowest BCUT2D eigenvalue weighted by molar-refractivity contribution is -0.273. The van der Waals surface area contributed by atoms with E-state index in [0.717, 1.165) is 27.2 Å². The van der Waals surface area contributed by atoms with Crippen molar-refractivity contribution in [3.8, 4) is 0 Å². The first-order valence-electron chi connectivity index (χ1n) is 16.0. The molecule has 278 valence electrons. The highest BCUT2D eigenvalue weighted by Crippen LogP contribution is 2.33. The van der Waals surface area contributed by atoms with Crippen LogP contribution in [0.15, 0.2) is 5.11 Å². The summed E-state index contributed by atoms with van der Waals surface area (Å²) in [6.07, 6.45) is -3.87. The molecule has 0 spiro atoms. The Bertz CT molecular complexity index is 1160. The first-order chi connectivity index (χ1) is 23.2. The van der Waals surface area contributed by atoms with Crippen molar-refractivity contribution in [2.45, 2.75) is 104 Å². The van der Waals surface area contributed by atoms with Crippen LogP contribution in [0.1, 0.15) is 73.6 Å². The molecule has 0 bridgehead atoms. The van der Waals surface area contributed by atoms with E-state index in [-0.39, 0.29) is 13.0 Å². The zero-order valence-electron chi connectivity index (χ0n) is 29.3. The average Bonchev–Trinajstić information content (AvgIpc) is 3.02. The van der Waals surface area contributed by atoms with Crippen LogP contribution < -0.4 is 5.32 Å². The van der Waals surface area contributed by atoms with Gasteiger partial charge in [0.05, 0.1) is 17.9 Å². The number of rotatable bonds is 22. The predicted octanol–water partition coefficient (Wildman–Crippen LogP) is 2.30. The molecule has 1 heterocycles. The average molecular weight is 703 g/mol. The van der Waals surface area contributed by atoms with Crippen molar-refractivity contribution in [2.75, 3.05) is 46.7 Å². The summed E-state index contributed by atoms with van der Waals surface area (Å²) in [6.45, 7) is 8.82. The molecule has 18 heteroatoms. The summed E-state index contributed by atoms with van der Waals surface area (Å²) in [5.74, 6) is -5.44. The number of esters is 5. The second kappa shape index (κ2) is 22.6. The van der Waals surface area contributed by atoms with Gasteiger partial charge in [-0.3, -0.25) is 28.8 Å². The summed E-state index contributed by atoms with van der Waals surface area (Å²) in [7, 11) is 1.61. The molecule has 0 saturated carbocycles. The molecule has 1 aliphatic rings. The van der Waals surface area contributed by atoms with Crippen LogP contribution in [-0.2, 0) is 66.7 Å². The Morgan fingerprint density at radius 1 is 0.898 bits per heavy atom. The number of azide groups is 1. The molecule has 49 heavy (non-hydrogen) atoms. The minimum Gasteiger partial charge on any atom is -0.465 e. The smallest absolute Gasteiger partial charge is 0.311 e. The first-order valence-corrected chi connectivity index (χ1v) is 16.0. The lowest BCUT2D eigenvalue weighted by Crippen LogP contribution is -2.67. The number of hydrogen-bond donors (Lipinski definition) is 1.